The Kier molecular flexibility index (Phi) is 10.0. The number of carbonyl (C=O) groups excluding carboxylic acids is 2. The fourth-order valence-electron chi connectivity index (χ4n) is 7.99. The van der Waals surface area contributed by atoms with Crippen LogP contribution in [0.4, 0.5) is 5.82 Å². The summed E-state index contributed by atoms with van der Waals surface area (Å²) in [5.41, 5.74) is 3.67. The summed E-state index contributed by atoms with van der Waals surface area (Å²) in [6.07, 6.45) is 14.4. The summed E-state index contributed by atoms with van der Waals surface area (Å²) < 4.78 is 34.8. The molecule has 3 aliphatic carbocycles. The lowest BCUT2D eigenvalue weighted by atomic mass is 9.78. The van der Waals surface area contributed by atoms with Gasteiger partial charge in [0.2, 0.25) is 11.8 Å². The van der Waals surface area contributed by atoms with Crippen LogP contribution in [0.25, 0.3) is 11.3 Å². The number of likely N-dealkylation sites (tertiary alicyclic amines) is 1. The van der Waals surface area contributed by atoms with Crippen molar-refractivity contribution in [1.29, 1.82) is 0 Å². The number of aromatic nitrogens is 3. The Hall–Kier alpha value is -3.80. The first kappa shape index (κ1) is 34.6. The van der Waals surface area contributed by atoms with E-state index in [1.165, 1.54) is 6.26 Å². The maximum Gasteiger partial charge on any atom is 0.231 e. The minimum Gasteiger partial charge on any atom is -0.495 e. The largest absolute Gasteiger partial charge is 0.495 e. The molecule has 0 atom stereocenters. The summed E-state index contributed by atoms with van der Waals surface area (Å²) >= 11 is 0. The van der Waals surface area contributed by atoms with Crippen molar-refractivity contribution in [2.24, 2.45) is 17.8 Å². The SMILES string of the molecule is COc1ccc([C@H]2CC[C@H](CN(c3cc(-c4coc(C5CC5)n4)ccn3)C(=O)[C@H]3CC[C@H](CC(=O)N4CC(S(C)(=O)=O)C4)CC3)CC2)nc1C. The van der Waals surface area contributed by atoms with E-state index in [-0.39, 0.29) is 23.7 Å². The van der Waals surface area contributed by atoms with Crippen molar-refractivity contribution in [3.63, 3.8) is 0 Å². The molecule has 1 aliphatic heterocycles. The van der Waals surface area contributed by atoms with Gasteiger partial charge in [-0.3, -0.25) is 19.5 Å². The number of carbonyl (C=O) groups is 2. The van der Waals surface area contributed by atoms with Crippen LogP contribution in [0, 0.1) is 24.7 Å². The minimum atomic E-state index is -3.12. The molecule has 3 saturated carbocycles. The fourth-order valence-corrected chi connectivity index (χ4v) is 8.89. The summed E-state index contributed by atoms with van der Waals surface area (Å²) in [5, 5.41) is -0.444. The first-order valence-electron chi connectivity index (χ1n) is 18.3. The number of amides is 2. The van der Waals surface area contributed by atoms with Crippen molar-refractivity contribution in [2.45, 2.75) is 94.6 Å². The number of anilines is 1. The molecule has 268 valence electrons. The van der Waals surface area contributed by atoms with Crippen LogP contribution >= 0.6 is 0 Å². The molecule has 4 aliphatic rings. The molecule has 0 spiro atoms. The Morgan fingerprint density at radius 2 is 1.64 bits per heavy atom. The fraction of sp³-hybridized carbons (Fsp3) is 0.605. The monoisotopic (exact) mass is 703 g/mol. The number of aryl methyl sites for hydroxylation is 1. The maximum atomic E-state index is 14.4. The molecule has 4 fully saturated rings. The maximum absolute atomic E-state index is 14.4. The highest BCUT2D eigenvalue weighted by Crippen LogP contribution is 2.41. The van der Waals surface area contributed by atoms with E-state index in [1.807, 2.05) is 30.0 Å². The molecule has 12 heteroatoms. The predicted octanol–water partition coefficient (Wildman–Crippen LogP) is 6.08. The van der Waals surface area contributed by atoms with Gasteiger partial charge in [0.05, 0.1) is 18.1 Å². The second kappa shape index (κ2) is 14.4. The van der Waals surface area contributed by atoms with Gasteiger partial charge in [0.25, 0.3) is 0 Å². The molecule has 3 aromatic heterocycles. The summed E-state index contributed by atoms with van der Waals surface area (Å²) in [6.45, 7) is 3.18. The van der Waals surface area contributed by atoms with Gasteiger partial charge in [-0.05, 0) is 107 Å². The number of hydrogen-bond acceptors (Lipinski definition) is 9. The molecule has 2 amide bonds. The molecule has 0 bridgehead atoms. The van der Waals surface area contributed by atoms with Gasteiger partial charge in [0, 0.05) is 67.5 Å². The lowest BCUT2D eigenvalue weighted by Crippen LogP contribution is -2.56. The van der Waals surface area contributed by atoms with Crippen LogP contribution in [0.2, 0.25) is 0 Å². The Morgan fingerprint density at radius 3 is 2.30 bits per heavy atom. The standard InChI is InChI=1S/C38H49N5O6S/c1-24-34(48-2)15-14-32(40-24)27-8-6-26(7-9-27)20-43(35-19-30(16-17-39-35)33-23-49-37(41-33)28-12-13-28)38(45)29-10-4-25(5-11-29)18-36(44)42-21-31(22-42)50(3,46)47/h14-17,19,23,25-29,31H,4-13,18,20-22H2,1-3H3/t25-,26-,27-,29-. The molecule has 4 heterocycles. The second-order valence-corrected chi connectivity index (χ2v) is 17.4. The van der Waals surface area contributed by atoms with E-state index in [0.717, 1.165) is 98.5 Å². The topological polar surface area (TPSA) is 136 Å². The van der Waals surface area contributed by atoms with Crippen LogP contribution in [-0.4, -0.2) is 78.3 Å². The molecule has 1 saturated heterocycles. The first-order valence-corrected chi connectivity index (χ1v) is 20.2. The van der Waals surface area contributed by atoms with Crippen LogP contribution in [0.3, 0.4) is 0 Å². The Bertz CT molecular complexity index is 1800. The lowest BCUT2D eigenvalue weighted by molar-refractivity contribution is -0.135. The van der Waals surface area contributed by atoms with Crippen molar-refractivity contribution in [2.75, 3.05) is 37.9 Å². The Morgan fingerprint density at radius 1 is 0.940 bits per heavy atom. The van der Waals surface area contributed by atoms with E-state index < -0.39 is 15.1 Å². The van der Waals surface area contributed by atoms with Gasteiger partial charge in [0.1, 0.15) is 23.5 Å². The van der Waals surface area contributed by atoms with E-state index in [1.54, 1.807) is 24.5 Å². The molecule has 11 nitrogen and oxygen atoms in total. The quantitative estimate of drug-likeness (QED) is 0.233. The molecular formula is C38H49N5O6S. The van der Waals surface area contributed by atoms with Crippen LogP contribution < -0.4 is 9.64 Å². The molecule has 0 N–H and O–H groups in total. The highest BCUT2D eigenvalue weighted by atomic mass is 32.2. The number of sulfone groups is 1. The molecule has 3 aromatic rings. The highest BCUT2D eigenvalue weighted by Gasteiger charge is 2.39. The smallest absolute Gasteiger partial charge is 0.231 e. The van der Waals surface area contributed by atoms with Crippen molar-refractivity contribution in [1.82, 2.24) is 19.9 Å². The average molecular weight is 704 g/mol. The third-order valence-corrected chi connectivity index (χ3v) is 13.0. The summed E-state index contributed by atoms with van der Waals surface area (Å²) in [6, 6.07) is 7.99. The zero-order valence-corrected chi connectivity index (χ0v) is 30.2. The lowest BCUT2D eigenvalue weighted by Gasteiger charge is -2.39. The van der Waals surface area contributed by atoms with E-state index in [0.29, 0.717) is 49.6 Å². The number of ether oxygens (including phenoxy) is 1. The van der Waals surface area contributed by atoms with Gasteiger partial charge in [-0.2, -0.15) is 0 Å². The van der Waals surface area contributed by atoms with Gasteiger partial charge >= 0.3 is 0 Å². The molecular weight excluding hydrogens is 655 g/mol. The van der Waals surface area contributed by atoms with Crippen LogP contribution in [-0.2, 0) is 19.4 Å². The zero-order chi connectivity index (χ0) is 35.0. The summed E-state index contributed by atoms with van der Waals surface area (Å²) in [4.78, 5) is 45.2. The highest BCUT2D eigenvalue weighted by molar-refractivity contribution is 7.91. The first-order chi connectivity index (χ1) is 24.1. The number of pyridine rings is 2. The van der Waals surface area contributed by atoms with E-state index in [2.05, 4.69) is 6.07 Å². The predicted molar refractivity (Wildman–Crippen MR) is 190 cm³/mol. The van der Waals surface area contributed by atoms with E-state index >= 15 is 0 Å². The Labute approximate surface area is 295 Å². The third kappa shape index (κ3) is 7.75. The summed E-state index contributed by atoms with van der Waals surface area (Å²) in [7, 11) is -1.45. The normalized spacial score (nSPS) is 24.4. The minimum absolute atomic E-state index is 0.0237. The molecule has 0 radical (unpaired) electrons. The van der Waals surface area contributed by atoms with Crippen molar-refractivity contribution < 1.29 is 27.2 Å². The molecule has 0 unspecified atom stereocenters. The average Bonchev–Trinajstić information content (AvgIpc) is 3.82. The third-order valence-electron chi connectivity index (χ3n) is 11.5. The van der Waals surface area contributed by atoms with E-state index in [9.17, 15) is 18.0 Å². The molecule has 0 aromatic carbocycles. The van der Waals surface area contributed by atoms with E-state index in [4.69, 9.17) is 24.1 Å². The number of rotatable bonds is 11. The van der Waals surface area contributed by atoms with Gasteiger partial charge < -0.3 is 14.1 Å². The number of nitrogens with zero attached hydrogens (tertiary/aromatic N) is 5. The second-order valence-electron chi connectivity index (χ2n) is 15.1. The number of hydrogen-bond donors (Lipinski definition) is 0. The van der Waals surface area contributed by atoms with Crippen molar-refractivity contribution in [3.05, 3.63) is 54.0 Å². The number of methoxy groups -OCH3 is 1. The molecule has 7 rings (SSSR count). The summed E-state index contributed by atoms with van der Waals surface area (Å²) in [5.74, 6) is 3.57. The van der Waals surface area contributed by atoms with Crippen molar-refractivity contribution in [3.8, 4) is 17.0 Å². The van der Waals surface area contributed by atoms with Crippen molar-refractivity contribution >= 4 is 27.5 Å². The van der Waals surface area contributed by atoms with Gasteiger partial charge in [-0.25, -0.2) is 18.4 Å². The van der Waals surface area contributed by atoms with Gasteiger partial charge in [-0.15, -0.1) is 0 Å². The van der Waals surface area contributed by atoms with Gasteiger partial charge in [-0.1, -0.05) is 0 Å². The van der Waals surface area contributed by atoms with Gasteiger partial charge in [0.15, 0.2) is 15.7 Å². The Balaban J connectivity index is 1.02. The van der Waals surface area contributed by atoms with Crippen LogP contribution in [0.5, 0.6) is 5.75 Å². The van der Waals surface area contributed by atoms with Crippen LogP contribution in [0.1, 0.15) is 99.7 Å². The zero-order valence-electron chi connectivity index (χ0n) is 29.4. The molecule has 50 heavy (non-hydrogen) atoms. The number of oxazole rings is 1. The van der Waals surface area contributed by atoms with Crippen LogP contribution in [0.15, 0.2) is 41.1 Å².